The minimum Gasteiger partial charge on any atom is -0.460 e. The maximum atomic E-state index is 12.1. The van der Waals surface area contributed by atoms with Crippen LogP contribution in [0.15, 0.2) is 48.7 Å². The van der Waals surface area contributed by atoms with E-state index in [2.05, 4.69) is 16.3 Å². The molecule has 1 aliphatic heterocycles. The first-order valence-corrected chi connectivity index (χ1v) is 6.12. The summed E-state index contributed by atoms with van der Waals surface area (Å²) in [6.45, 7) is 3.73. The standard InChI is InChI=1S/C15H10F3NO2/c1-9-8-13-14(20-9)7-6-12(19-13)10-2-4-11(5-3-10)21-15(16,17)18/h2-7H,1,8H2. The fourth-order valence-electron chi connectivity index (χ4n) is 2.07. The molecular formula is C15H10F3NO2. The van der Waals surface area contributed by atoms with E-state index in [-0.39, 0.29) is 5.75 Å². The van der Waals surface area contributed by atoms with Crippen molar-refractivity contribution in [1.82, 2.24) is 4.98 Å². The third-order valence-corrected chi connectivity index (χ3v) is 2.93. The van der Waals surface area contributed by atoms with Crippen LogP contribution in [0.1, 0.15) is 5.69 Å². The molecular weight excluding hydrogens is 283 g/mol. The zero-order chi connectivity index (χ0) is 15.0. The Morgan fingerprint density at radius 1 is 1.10 bits per heavy atom. The number of ether oxygens (including phenoxy) is 2. The monoisotopic (exact) mass is 293 g/mol. The summed E-state index contributed by atoms with van der Waals surface area (Å²) in [5, 5.41) is 0. The first kappa shape index (κ1) is 13.5. The number of aromatic nitrogens is 1. The van der Waals surface area contributed by atoms with Crippen molar-refractivity contribution in [3.05, 3.63) is 54.4 Å². The molecule has 0 bridgehead atoms. The lowest BCUT2D eigenvalue weighted by atomic mass is 10.1. The van der Waals surface area contributed by atoms with E-state index in [0.29, 0.717) is 29.2 Å². The highest BCUT2D eigenvalue weighted by atomic mass is 19.4. The summed E-state index contributed by atoms with van der Waals surface area (Å²) >= 11 is 0. The molecule has 3 nitrogen and oxygen atoms in total. The van der Waals surface area contributed by atoms with Gasteiger partial charge in [-0.25, -0.2) is 4.98 Å². The molecule has 0 saturated carbocycles. The summed E-state index contributed by atoms with van der Waals surface area (Å²) in [4.78, 5) is 4.43. The smallest absolute Gasteiger partial charge is 0.460 e. The van der Waals surface area contributed by atoms with Crippen molar-refractivity contribution in [1.29, 1.82) is 0 Å². The van der Waals surface area contributed by atoms with Crippen LogP contribution in [0.3, 0.4) is 0 Å². The van der Waals surface area contributed by atoms with Crippen molar-refractivity contribution in [3.63, 3.8) is 0 Å². The van der Waals surface area contributed by atoms with Crippen LogP contribution in [0, 0.1) is 0 Å². The number of benzene rings is 1. The highest BCUT2D eigenvalue weighted by Gasteiger charge is 2.31. The Labute approximate surface area is 118 Å². The third kappa shape index (κ3) is 2.99. The molecule has 0 atom stereocenters. The number of pyridine rings is 1. The van der Waals surface area contributed by atoms with E-state index in [1.165, 1.54) is 24.3 Å². The first-order valence-electron chi connectivity index (χ1n) is 6.12. The molecule has 21 heavy (non-hydrogen) atoms. The number of hydrogen-bond donors (Lipinski definition) is 0. The average molecular weight is 293 g/mol. The number of allylic oxidation sites excluding steroid dienone is 1. The molecule has 0 fully saturated rings. The number of fused-ring (bicyclic) bond motifs is 1. The van der Waals surface area contributed by atoms with E-state index in [0.717, 1.165) is 5.69 Å². The fraction of sp³-hybridized carbons (Fsp3) is 0.133. The average Bonchev–Trinajstić information content (AvgIpc) is 2.76. The van der Waals surface area contributed by atoms with E-state index in [1.54, 1.807) is 12.1 Å². The Balaban J connectivity index is 1.85. The quantitative estimate of drug-likeness (QED) is 0.835. The number of rotatable bonds is 2. The van der Waals surface area contributed by atoms with Gasteiger partial charge in [-0.1, -0.05) is 6.58 Å². The second-order valence-corrected chi connectivity index (χ2v) is 4.53. The number of nitrogens with zero attached hydrogens (tertiary/aromatic N) is 1. The summed E-state index contributed by atoms with van der Waals surface area (Å²) < 4.78 is 45.5. The van der Waals surface area contributed by atoms with Crippen molar-refractivity contribution >= 4 is 0 Å². The predicted octanol–water partition coefficient (Wildman–Crippen LogP) is 4.10. The predicted molar refractivity (Wildman–Crippen MR) is 69.8 cm³/mol. The van der Waals surface area contributed by atoms with Crippen LogP contribution in [-0.4, -0.2) is 11.3 Å². The summed E-state index contributed by atoms with van der Waals surface area (Å²) in [5.41, 5.74) is 2.13. The lowest BCUT2D eigenvalue weighted by Crippen LogP contribution is -2.16. The van der Waals surface area contributed by atoms with Gasteiger partial charge in [-0.05, 0) is 36.4 Å². The fourth-order valence-corrected chi connectivity index (χ4v) is 2.07. The molecule has 108 valence electrons. The molecule has 2 aromatic rings. The second kappa shape index (κ2) is 4.80. The van der Waals surface area contributed by atoms with Crippen LogP contribution in [0.2, 0.25) is 0 Å². The molecule has 1 aliphatic rings. The summed E-state index contributed by atoms with van der Waals surface area (Å²) in [7, 11) is 0. The van der Waals surface area contributed by atoms with E-state index >= 15 is 0 Å². The van der Waals surface area contributed by atoms with Gasteiger partial charge in [0.2, 0.25) is 0 Å². The lowest BCUT2D eigenvalue weighted by molar-refractivity contribution is -0.274. The molecule has 3 rings (SSSR count). The van der Waals surface area contributed by atoms with Crippen LogP contribution in [0.4, 0.5) is 13.2 Å². The maximum Gasteiger partial charge on any atom is 0.573 e. The number of hydrogen-bond acceptors (Lipinski definition) is 3. The molecule has 0 saturated heterocycles. The van der Waals surface area contributed by atoms with Crippen LogP contribution >= 0.6 is 0 Å². The van der Waals surface area contributed by atoms with Gasteiger partial charge in [0.1, 0.15) is 17.3 Å². The lowest BCUT2D eigenvalue weighted by Gasteiger charge is -2.09. The van der Waals surface area contributed by atoms with Gasteiger partial charge >= 0.3 is 6.36 Å². The largest absolute Gasteiger partial charge is 0.573 e. The molecule has 0 unspecified atom stereocenters. The normalized spacial score (nSPS) is 13.8. The van der Waals surface area contributed by atoms with Crippen molar-refractivity contribution in [2.24, 2.45) is 0 Å². The highest BCUT2D eigenvalue weighted by Crippen LogP contribution is 2.32. The van der Waals surface area contributed by atoms with Gasteiger partial charge in [0.25, 0.3) is 0 Å². The van der Waals surface area contributed by atoms with Gasteiger partial charge in [0.15, 0.2) is 0 Å². The van der Waals surface area contributed by atoms with E-state index in [1.807, 2.05) is 0 Å². The molecule has 0 aliphatic carbocycles. The number of halogens is 3. The van der Waals surface area contributed by atoms with Gasteiger partial charge in [-0.3, -0.25) is 0 Å². The van der Waals surface area contributed by atoms with Crippen LogP contribution < -0.4 is 9.47 Å². The van der Waals surface area contributed by atoms with Gasteiger partial charge in [-0.15, -0.1) is 13.2 Å². The molecule has 1 aromatic heterocycles. The minimum absolute atomic E-state index is 0.260. The Morgan fingerprint density at radius 3 is 2.48 bits per heavy atom. The Kier molecular flexibility index (Phi) is 3.08. The van der Waals surface area contributed by atoms with E-state index < -0.39 is 6.36 Å². The number of alkyl halides is 3. The van der Waals surface area contributed by atoms with Crippen molar-refractivity contribution in [2.75, 3.05) is 0 Å². The van der Waals surface area contributed by atoms with Crippen molar-refractivity contribution < 1.29 is 22.6 Å². The second-order valence-electron chi connectivity index (χ2n) is 4.53. The summed E-state index contributed by atoms with van der Waals surface area (Å²) in [5.74, 6) is 1.04. The molecule has 0 spiro atoms. The zero-order valence-corrected chi connectivity index (χ0v) is 10.8. The molecule has 0 N–H and O–H groups in total. The molecule has 6 heteroatoms. The molecule has 1 aromatic carbocycles. The molecule has 2 heterocycles. The molecule has 0 amide bonds. The Hall–Kier alpha value is -2.50. The van der Waals surface area contributed by atoms with Crippen molar-refractivity contribution in [2.45, 2.75) is 12.8 Å². The summed E-state index contributed by atoms with van der Waals surface area (Å²) in [6.07, 6.45) is -4.15. The van der Waals surface area contributed by atoms with Gasteiger partial charge in [-0.2, -0.15) is 0 Å². The van der Waals surface area contributed by atoms with Crippen molar-refractivity contribution in [3.8, 4) is 22.8 Å². The van der Waals surface area contributed by atoms with E-state index in [4.69, 9.17) is 4.74 Å². The highest BCUT2D eigenvalue weighted by molar-refractivity contribution is 5.61. The molecule has 0 radical (unpaired) electrons. The van der Waals surface area contributed by atoms with Gasteiger partial charge < -0.3 is 9.47 Å². The van der Waals surface area contributed by atoms with Gasteiger partial charge in [0, 0.05) is 5.56 Å². The zero-order valence-electron chi connectivity index (χ0n) is 10.8. The minimum atomic E-state index is -4.69. The van der Waals surface area contributed by atoms with Crippen LogP contribution in [0.5, 0.6) is 11.5 Å². The van der Waals surface area contributed by atoms with Crippen LogP contribution in [0.25, 0.3) is 11.3 Å². The van der Waals surface area contributed by atoms with Crippen LogP contribution in [-0.2, 0) is 6.42 Å². The first-order chi connectivity index (χ1) is 9.90. The Morgan fingerprint density at radius 2 is 1.81 bits per heavy atom. The SMILES string of the molecule is C=C1Cc2nc(-c3ccc(OC(F)(F)F)cc3)ccc2O1. The topological polar surface area (TPSA) is 31.4 Å². The third-order valence-electron chi connectivity index (χ3n) is 2.93. The van der Waals surface area contributed by atoms with E-state index in [9.17, 15) is 13.2 Å². The maximum absolute atomic E-state index is 12.1. The summed E-state index contributed by atoms with van der Waals surface area (Å²) in [6, 6.07) is 9.09. The van der Waals surface area contributed by atoms with Gasteiger partial charge in [0.05, 0.1) is 17.8 Å². The Bertz CT molecular complexity index is 693.